The number of aromatic nitrogens is 1. The van der Waals surface area contributed by atoms with Crippen molar-refractivity contribution < 1.29 is 0 Å². The maximum absolute atomic E-state index is 5.81. The van der Waals surface area contributed by atoms with E-state index < -0.39 is 0 Å². The van der Waals surface area contributed by atoms with Crippen LogP contribution < -0.4 is 10.6 Å². The minimum Gasteiger partial charge on any atom is -0.356 e. The molecular formula is C20H29ClIN5. The Morgan fingerprint density at radius 3 is 2.41 bits per heavy atom. The highest BCUT2D eigenvalue weighted by Gasteiger charge is 2.14. The summed E-state index contributed by atoms with van der Waals surface area (Å²) in [5.74, 6) is 0.797. The average molecular weight is 502 g/mol. The Labute approximate surface area is 184 Å². The Balaban J connectivity index is 0.00000364. The number of hydrogen-bond acceptors (Lipinski definition) is 3. The molecule has 2 aromatic rings. The molecule has 0 saturated carbocycles. The standard InChI is InChI=1S/C20H28ClN5.HI/c1-15-5-8-17(9-6-15)18(26(3)4)14-25-20(22-2)23-12-11-16-7-10-19(21)24-13-16;/h5-10,13,18H,11-12,14H2,1-4H3,(H2,22,23,25);1H. The van der Waals surface area contributed by atoms with Gasteiger partial charge in [-0.05, 0) is 44.6 Å². The van der Waals surface area contributed by atoms with Gasteiger partial charge in [-0.2, -0.15) is 0 Å². The van der Waals surface area contributed by atoms with Crippen molar-refractivity contribution in [1.29, 1.82) is 0 Å². The average Bonchev–Trinajstić information content (AvgIpc) is 2.63. The van der Waals surface area contributed by atoms with Gasteiger partial charge in [0, 0.05) is 26.3 Å². The first-order valence-electron chi connectivity index (χ1n) is 8.77. The van der Waals surface area contributed by atoms with Crippen molar-refractivity contribution >= 4 is 41.5 Å². The lowest BCUT2D eigenvalue weighted by Gasteiger charge is -2.26. The van der Waals surface area contributed by atoms with Crippen LogP contribution in [0.3, 0.4) is 0 Å². The first kappa shape index (κ1) is 23.7. The largest absolute Gasteiger partial charge is 0.356 e. The van der Waals surface area contributed by atoms with E-state index in [1.165, 1.54) is 11.1 Å². The molecule has 27 heavy (non-hydrogen) atoms. The fraction of sp³-hybridized carbons (Fsp3) is 0.400. The molecule has 0 aliphatic carbocycles. The lowest BCUT2D eigenvalue weighted by Crippen LogP contribution is -2.42. The third-order valence-corrected chi connectivity index (χ3v) is 4.49. The van der Waals surface area contributed by atoms with Gasteiger partial charge >= 0.3 is 0 Å². The summed E-state index contributed by atoms with van der Waals surface area (Å²) < 4.78 is 0. The van der Waals surface area contributed by atoms with Crippen molar-refractivity contribution in [3.63, 3.8) is 0 Å². The molecule has 0 aliphatic rings. The molecule has 1 heterocycles. The number of aliphatic imine (C=N–C) groups is 1. The molecule has 0 bridgehead atoms. The number of likely N-dealkylation sites (N-methyl/N-ethyl adjacent to an activating group) is 1. The van der Waals surface area contributed by atoms with Crippen LogP contribution >= 0.6 is 35.6 Å². The second-order valence-corrected chi connectivity index (χ2v) is 6.90. The number of pyridine rings is 1. The molecule has 0 saturated heterocycles. The predicted molar refractivity (Wildman–Crippen MR) is 125 cm³/mol. The highest BCUT2D eigenvalue weighted by molar-refractivity contribution is 14.0. The normalized spacial score (nSPS) is 12.4. The van der Waals surface area contributed by atoms with E-state index in [1.54, 1.807) is 13.2 Å². The van der Waals surface area contributed by atoms with Crippen LogP contribution in [-0.2, 0) is 6.42 Å². The maximum Gasteiger partial charge on any atom is 0.191 e. The van der Waals surface area contributed by atoms with Crippen LogP contribution in [-0.4, -0.2) is 50.1 Å². The van der Waals surface area contributed by atoms with Gasteiger partial charge in [0.2, 0.25) is 0 Å². The van der Waals surface area contributed by atoms with Gasteiger partial charge in [-0.1, -0.05) is 47.5 Å². The molecule has 1 aromatic carbocycles. The van der Waals surface area contributed by atoms with Gasteiger partial charge in [-0.3, -0.25) is 4.99 Å². The first-order chi connectivity index (χ1) is 12.5. The van der Waals surface area contributed by atoms with Crippen molar-refractivity contribution in [1.82, 2.24) is 20.5 Å². The van der Waals surface area contributed by atoms with Gasteiger partial charge < -0.3 is 15.5 Å². The van der Waals surface area contributed by atoms with Crippen molar-refractivity contribution in [2.45, 2.75) is 19.4 Å². The smallest absolute Gasteiger partial charge is 0.191 e. The van der Waals surface area contributed by atoms with E-state index in [0.29, 0.717) is 5.15 Å². The molecule has 2 rings (SSSR count). The zero-order chi connectivity index (χ0) is 18.9. The fourth-order valence-corrected chi connectivity index (χ4v) is 2.79. The Morgan fingerprint density at radius 1 is 1.15 bits per heavy atom. The second-order valence-electron chi connectivity index (χ2n) is 6.51. The maximum atomic E-state index is 5.81. The summed E-state index contributed by atoms with van der Waals surface area (Å²) in [6.07, 6.45) is 2.67. The quantitative estimate of drug-likeness (QED) is 0.263. The summed E-state index contributed by atoms with van der Waals surface area (Å²) in [5, 5.41) is 7.29. The molecule has 0 radical (unpaired) electrons. The highest BCUT2D eigenvalue weighted by Crippen LogP contribution is 2.17. The highest BCUT2D eigenvalue weighted by atomic mass is 127. The summed E-state index contributed by atoms with van der Waals surface area (Å²) in [6.45, 7) is 3.66. The van der Waals surface area contributed by atoms with Crippen LogP contribution in [0.4, 0.5) is 0 Å². The third kappa shape index (κ3) is 8.02. The molecule has 1 atom stereocenters. The van der Waals surface area contributed by atoms with Gasteiger partial charge in [-0.25, -0.2) is 4.98 Å². The topological polar surface area (TPSA) is 52.6 Å². The predicted octanol–water partition coefficient (Wildman–Crippen LogP) is 3.67. The van der Waals surface area contributed by atoms with Crippen molar-refractivity contribution in [2.75, 3.05) is 34.2 Å². The summed E-state index contributed by atoms with van der Waals surface area (Å²) in [5.41, 5.74) is 3.70. The van der Waals surface area contributed by atoms with E-state index in [-0.39, 0.29) is 30.0 Å². The molecule has 0 amide bonds. The van der Waals surface area contributed by atoms with E-state index in [9.17, 15) is 0 Å². The molecule has 0 aliphatic heterocycles. The van der Waals surface area contributed by atoms with Crippen molar-refractivity contribution in [2.24, 2.45) is 4.99 Å². The number of halogens is 2. The molecular weight excluding hydrogens is 473 g/mol. The third-order valence-electron chi connectivity index (χ3n) is 4.27. The van der Waals surface area contributed by atoms with Gasteiger partial charge in [0.15, 0.2) is 5.96 Å². The minimum atomic E-state index is 0. The van der Waals surface area contributed by atoms with E-state index in [4.69, 9.17) is 11.6 Å². The van der Waals surface area contributed by atoms with Crippen molar-refractivity contribution in [3.05, 3.63) is 64.4 Å². The number of nitrogens with zero attached hydrogens (tertiary/aromatic N) is 3. The van der Waals surface area contributed by atoms with Crippen LogP contribution in [0.5, 0.6) is 0 Å². The Kier molecular flexibility index (Phi) is 10.6. The zero-order valence-corrected chi connectivity index (χ0v) is 19.5. The number of aryl methyl sites for hydroxylation is 1. The molecule has 0 fully saturated rings. The van der Waals surface area contributed by atoms with E-state index >= 15 is 0 Å². The van der Waals surface area contributed by atoms with Crippen molar-refractivity contribution in [3.8, 4) is 0 Å². The van der Waals surface area contributed by atoms with Crippen LogP contribution in [0.25, 0.3) is 0 Å². The number of benzene rings is 1. The van der Waals surface area contributed by atoms with Gasteiger partial charge in [0.1, 0.15) is 5.15 Å². The van der Waals surface area contributed by atoms with Crippen LogP contribution in [0.1, 0.15) is 22.7 Å². The molecule has 0 spiro atoms. The summed E-state index contributed by atoms with van der Waals surface area (Å²) >= 11 is 5.81. The number of guanidine groups is 1. The number of hydrogen-bond donors (Lipinski definition) is 2. The summed E-state index contributed by atoms with van der Waals surface area (Å²) in [7, 11) is 5.97. The lowest BCUT2D eigenvalue weighted by molar-refractivity contribution is 0.298. The van der Waals surface area contributed by atoms with Crippen LogP contribution in [0, 0.1) is 6.92 Å². The molecule has 1 aromatic heterocycles. The second kappa shape index (κ2) is 12.2. The van der Waals surface area contributed by atoms with E-state index in [2.05, 4.69) is 70.8 Å². The Bertz CT molecular complexity index is 701. The summed E-state index contributed by atoms with van der Waals surface area (Å²) in [6, 6.07) is 12.8. The number of rotatable bonds is 7. The number of nitrogens with one attached hydrogen (secondary N) is 2. The molecule has 1 unspecified atom stereocenters. The molecule has 5 nitrogen and oxygen atoms in total. The summed E-state index contributed by atoms with van der Waals surface area (Å²) in [4.78, 5) is 10.6. The van der Waals surface area contributed by atoms with Gasteiger partial charge in [0.25, 0.3) is 0 Å². The first-order valence-corrected chi connectivity index (χ1v) is 9.15. The molecule has 2 N–H and O–H groups in total. The zero-order valence-electron chi connectivity index (χ0n) is 16.4. The van der Waals surface area contributed by atoms with Crippen LogP contribution in [0.2, 0.25) is 5.15 Å². The molecule has 148 valence electrons. The van der Waals surface area contributed by atoms with E-state index in [0.717, 1.165) is 31.0 Å². The SMILES string of the molecule is CN=C(NCCc1ccc(Cl)nc1)NCC(c1ccc(C)cc1)N(C)C.I. The Hall–Kier alpha value is -1.38. The Morgan fingerprint density at radius 2 is 1.85 bits per heavy atom. The van der Waals surface area contributed by atoms with Gasteiger partial charge in [0.05, 0.1) is 6.04 Å². The van der Waals surface area contributed by atoms with E-state index in [1.807, 2.05) is 12.1 Å². The lowest BCUT2D eigenvalue weighted by atomic mass is 10.0. The van der Waals surface area contributed by atoms with Crippen LogP contribution in [0.15, 0.2) is 47.6 Å². The minimum absolute atomic E-state index is 0. The molecule has 7 heteroatoms. The van der Waals surface area contributed by atoms with Gasteiger partial charge in [-0.15, -0.1) is 24.0 Å². The monoisotopic (exact) mass is 501 g/mol. The fourth-order valence-electron chi connectivity index (χ4n) is 2.68.